The average molecular weight is 416 g/mol. The van der Waals surface area contributed by atoms with Gasteiger partial charge < -0.3 is 9.64 Å². The summed E-state index contributed by atoms with van der Waals surface area (Å²) < 4.78 is 5.49. The molecule has 2 rings (SSSR count). The number of rotatable bonds is 13. The SMILES string of the molecule is CCCCCCCCCOC(=O)C1CCN(C(=O)c2ccc(CCCC)cc2)CC1. The van der Waals surface area contributed by atoms with Gasteiger partial charge in [0.2, 0.25) is 0 Å². The van der Waals surface area contributed by atoms with E-state index in [-0.39, 0.29) is 17.8 Å². The van der Waals surface area contributed by atoms with E-state index in [4.69, 9.17) is 4.74 Å². The maximum absolute atomic E-state index is 12.7. The molecule has 1 heterocycles. The highest BCUT2D eigenvalue weighted by Gasteiger charge is 2.28. The van der Waals surface area contributed by atoms with Crippen molar-refractivity contribution in [2.45, 2.75) is 90.9 Å². The van der Waals surface area contributed by atoms with Gasteiger partial charge in [0.05, 0.1) is 12.5 Å². The number of unbranched alkanes of at least 4 members (excludes halogenated alkanes) is 7. The summed E-state index contributed by atoms with van der Waals surface area (Å²) in [7, 11) is 0. The Hall–Kier alpha value is -1.84. The molecule has 1 aromatic rings. The largest absolute Gasteiger partial charge is 0.465 e. The zero-order valence-electron chi connectivity index (χ0n) is 19.2. The van der Waals surface area contributed by atoms with Crippen molar-refractivity contribution in [3.63, 3.8) is 0 Å². The number of benzene rings is 1. The molecule has 0 N–H and O–H groups in total. The van der Waals surface area contributed by atoms with E-state index in [2.05, 4.69) is 26.0 Å². The Labute approximate surface area is 183 Å². The van der Waals surface area contributed by atoms with E-state index in [1.54, 1.807) is 0 Å². The lowest BCUT2D eigenvalue weighted by Crippen LogP contribution is -2.40. The predicted molar refractivity (Wildman–Crippen MR) is 123 cm³/mol. The van der Waals surface area contributed by atoms with Crippen molar-refractivity contribution in [3.8, 4) is 0 Å². The number of amides is 1. The highest BCUT2D eigenvalue weighted by Crippen LogP contribution is 2.21. The van der Waals surface area contributed by atoms with Crippen molar-refractivity contribution in [3.05, 3.63) is 35.4 Å². The van der Waals surface area contributed by atoms with Gasteiger partial charge in [0.25, 0.3) is 5.91 Å². The smallest absolute Gasteiger partial charge is 0.309 e. The summed E-state index contributed by atoms with van der Waals surface area (Å²) in [5.41, 5.74) is 2.03. The lowest BCUT2D eigenvalue weighted by Gasteiger charge is -2.31. The molecule has 1 saturated heterocycles. The molecule has 0 aliphatic carbocycles. The molecule has 1 aliphatic heterocycles. The Morgan fingerprint density at radius 2 is 1.47 bits per heavy atom. The number of piperidine rings is 1. The molecule has 168 valence electrons. The summed E-state index contributed by atoms with van der Waals surface area (Å²) in [5, 5.41) is 0. The topological polar surface area (TPSA) is 46.6 Å². The van der Waals surface area contributed by atoms with Crippen LogP contribution in [0.25, 0.3) is 0 Å². The molecule has 0 bridgehead atoms. The zero-order chi connectivity index (χ0) is 21.6. The van der Waals surface area contributed by atoms with Crippen molar-refractivity contribution in [1.82, 2.24) is 4.90 Å². The molecular formula is C26H41NO3. The fourth-order valence-corrected chi connectivity index (χ4v) is 4.05. The van der Waals surface area contributed by atoms with E-state index in [1.165, 1.54) is 50.5 Å². The van der Waals surface area contributed by atoms with Crippen LogP contribution in [-0.4, -0.2) is 36.5 Å². The molecule has 1 aromatic carbocycles. The molecule has 0 saturated carbocycles. The summed E-state index contributed by atoms with van der Waals surface area (Å²) in [4.78, 5) is 26.9. The van der Waals surface area contributed by atoms with Crippen LogP contribution >= 0.6 is 0 Å². The third kappa shape index (κ3) is 8.49. The highest BCUT2D eigenvalue weighted by atomic mass is 16.5. The summed E-state index contributed by atoms with van der Waals surface area (Å²) in [5.74, 6) is -0.0599. The van der Waals surface area contributed by atoms with Crippen molar-refractivity contribution >= 4 is 11.9 Å². The van der Waals surface area contributed by atoms with E-state index >= 15 is 0 Å². The van der Waals surface area contributed by atoms with Crippen LogP contribution in [0.1, 0.15) is 100 Å². The molecule has 0 atom stereocenters. The number of esters is 1. The molecule has 0 unspecified atom stereocenters. The van der Waals surface area contributed by atoms with Crippen LogP contribution in [0.15, 0.2) is 24.3 Å². The lowest BCUT2D eigenvalue weighted by atomic mass is 9.96. The van der Waals surface area contributed by atoms with Gasteiger partial charge in [-0.1, -0.05) is 70.9 Å². The zero-order valence-corrected chi connectivity index (χ0v) is 19.2. The minimum atomic E-state index is -0.0756. The molecule has 1 fully saturated rings. The molecule has 30 heavy (non-hydrogen) atoms. The molecule has 4 heteroatoms. The van der Waals surface area contributed by atoms with Gasteiger partial charge >= 0.3 is 5.97 Å². The minimum Gasteiger partial charge on any atom is -0.465 e. The predicted octanol–water partition coefficient (Wildman–Crippen LogP) is 6.18. The Morgan fingerprint density at radius 3 is 2.10 bits per heavy atom. The van der Waals surface area contributed by atoms with Crippen molar-refractivity contribution < 1.29 is 14.3 Å². The Bertz CT molecular complexity index is 618. The first-order valence-electron chi connectivity index (χ1n) is 12.2. The number of carbonyl (C=O) groups excluding carboxylic acids is 2. The average Bonchev–Trinajstić information content (AvgIpc) is 2.79. The summed E-state index contributed by atoms with van der Waals surface area (Å²) in [6.45, 7) is 6.22. The summed E-state index contributed by atoms with van der Waals surface area (Å²) in [6, 6.07) is 8.01. The summed E-state index contributed by atoms with van der Waals surface area (Å²) in [6.07, 6.45) is 13.4. The fraction of sp³-hybridized carbons (Fsp3) is 0.692. The standard InChI is InChI=1S/C26H41NO3/c1-3-5-7-8-9-10-11-21-30-26(29)24-17-19-27(20-18-24)25(28)23-15-13-22(14-16-23)12-6-4-2/h13-16,24H,3-12,17-21H2,1-2H3. The van der Waals surface area contributed by atoms with E-state index in [0.29, 0.717) is 32.5 Å². The van der Waals surface area contributed by atoms with Crippen molar-refractivity contribution in [2.24, 2.45) is 5.92 Å². The van der Waals surface area contributed by atoms with Gasteiger partial charge in [-0.2, -0.15) is 0 Å². The van der Waals surface area contributed by atoms with Crippen LogP contribution in [0.3, 0.4) is 0 Å². The Kier molecular flexibility index (Phi) is 11.6. The number of likely N-dealkylation sites (tertiary alicyclic amines) is 1. The van der Waals surface area contributed by atoms with Crippen LogP contribution in [0.5, 0.6) is 0 Å². The summed E-state index contributed by atoms with van der Waals surface area (Å²) >= 11 is 0. The molecule has 0 aromatic heterocycles. The molecular weight excluding hydrogens is 374 g/mol. The third-order valence-corrected chi connectivity index (χ3v) is 6.13. The minimum absolute atomic E-state index is 0.0602. The second-order valence-corrected chi connectivity index (χ2v) is 8.66. The van der Waals surface area contributed by atoms with Crippen LogP contribution in [0, 0.1) is 5.92 Å². The second-order valence-electron chi connectivity index (χ2n) is 8.66. The van der Waals surface area contributed by atoms with Gasteiger partial charge in [-0.3, -0.25) is 9.59 Å². The number of hydrogen-bond donors (Lipinski definition) is 0. The fourth-order valence-electron chi connectivity index (χ4n) is 4.05. The number of nitrogens with zero attached hydrogens (tertiary/aromatic N) is 1. The quantitative estimate of drug-likeness (QED) is 0.286. The highest BCUT2D eigenvalue weighted by molar-refractivity contribution is 5.94. The van der Waals surface area contributed by atoms with E-state index in [0.717, 1.165) is 24.8 Å². The number of ether oxygens (including phenoxy) is 1. The molecule has 4 nitrogen and oxygen atoms in total. The van der Waals surface area contributed by atoms with Gasteiger partial charge in [-0.05, 0) is 49.8 Å². The first kappa shape index (κ1) is 24.4. The molecule has 0 radical (unpaired) electrons. The Morgan fingerprint density at radius 1 is 0.867 bits per heavy atom. The van der Waals surface area contributed by atoms with Gasteiger partial charge in [0.15, 0.2) is 0 Å². The molecule has 0 spiro atoms. The van der Waals surface area contributed by atoms with Crippen LogP contribution in [0.2, 0.25) is 0 Å². The van der Waals surface area contributed by atoms with Crippen LogP contribution in [-0.2, 0) is 16.0 Å². The van der Waals surface area contributed by atoms with Crippen LogP contribution < -0.4 is 0 Å². The number of aryl methyl sites for hydroxylation is 1. The maximum atomic E-state index is 12.7. The van der Waals surface area contributed by atoms with E-state index < -0.39 is 0 Å². The first-order chi connectivity index (χ1) is 14.7. The molecule has 1 amide bonds. The van der Waals surface area contributed by atoms with Crippen LogP contribution in [0.4, 0.5) is 0 Å². The van der Waals surface area contributed by atoms with Gasteiger partial charge in [0, 0.05) is 18.7 Å². The van der Waals surface area contributed by atoms with Gasteiger partial charge in [0.1, 0.15) is 0 Å². The van der Waals surface area contributed by atoms with E-state index in [1.807, 2.05) is 17.0 Å². The normalized spacial score (nSPS) is 14.7. The van der Waals surface area contributed by atoms with Crippen molar-refractivity contribution in [2.75, 3.05) is 19.7 Å². The monoisotopic (exact) mass is 415 g/mol. The maximum Gasteiger partial charge on any atom is 0.309 e. The number of carbonyl (C=O) groups is 2. The second kappa shape index (κ2) is 14.2. The van der Waals surface area contributed by atoms with Gasteiger partial charge in [-0.25, -0.2) is 0 Å². The first-order valence-corrected chi connectivity index (χ1v) is 12.2. The van der Waals surface area contributed by atoms with Gasteiger partial charge in [-0.15, -0.1) is 0 Å². The number of hydrogen-bond acceptors (Lipinski definition) is 3. The third-order valence-electron chi connectivity index (χ3n) is 6.13. The molecule has 1 aliphatic rings. The van der Waals surface area contributed by atoms with E-state index in [9.17, 15) is 9.59 Å². The van der Waals surface area contributed by atoms with Crippen molar-refractivity contribution in [1.29, 1.82) is 0 Å². The lowest BCUT2D eigenvalue weighted by molar-refractivity contribution is -0.150. The Balaban J connectivity index is 1.64.